The third kappa shape index (κ3) is 3.61. The molecule has 1 rings (SSSR count). The van der Waals surface area contributed by atoms with Crippen molar-refractivity contribution < 1.29 is 13.2 Å². The molecule has 7 heteroatoms. The summed E-state index contributed by atoms with van der Waals surface area (Å²) < 4.78 is 24.2. The first-order valence-corrected chi connectivity index (χ1v) is 6.99. The largest absolute Gasteiger partial charge is 0.268 e. The molecule has 0 aromatic carbocycles. The fourth-order valence-electron chi connectivity index (χ4n) is 0.656. The minimum atomic E-state index is -3.46. The Morgan fingerprint density at radius 3 is 2.62 bits per heavy atom. The summed E-state index contributed by atoms with van der Waals surface area (Å²) in [5, 5.41) is 1.61. The van der Waals surface area contributed by atoms with E-state index in [1.807, 2.05) is 4.72 Å². The minimum absolute atomic E-state index is 0.375. The predicted molar refractivity (Wildman–Crippen MR) is 59.3 cm³/mol. The van der Waals surface area contributed by atoms with Gasteiger partial charge in [-0.05, 0) is 28.7 Å². The quantitative estimate of drug-likeness (QED) is 0.824. The van der Waals surface area contributed by atoms with Gasteiger partial charge in [-0.1, -0.05) is 0 Å². The normalized spacial score (nSPS) is 11.2. The molecule has 1 amide bonds. The Kier molecular flexibility index (Phi) is 3.30. The molecule has 72 valence electrons. The molecule has 0 aliphatic carbocycles. The molecule has 0 bridgehead atoms. The minimum Gasteiger partial charge on any atom is -0.268 e. The Bertz CT molecular complexity index is 423. The molecule has 0 atom stereocenters. The van der Waals surface area contributed by atoms with Crippen molar-refractivity contribution >= 4 is 49.9 Å². The highest BCUT2D eigenvalue weighted by Gasteiger charge is 2.11. The van der Waals surface area contributed by atoms with Crippen molar-refractivity contribution in [2.45, 2.75) is 0 Å². The molecule has 0 saturated heterocycles. The lowest BCUT2D eigenvalue weighted by Crippen LogP contribution is -2.28. The van der Waals surface area contributed by atoms with Gasteiger partial charge in [-0.2, -0.15) is 0 Å². The van der Waals surface area contributed by atoms with E-state index in [-0.39, 0.29) is 0 Å². The van der Waals surface area contributed by atoms with Gasteiger partial charge in [-0.25, -0.2) is 13.1 Å². The van der Waals surface area contributed by atoms with Gasteiger partial charge in [0.1, 0.15) is 0 Å². The number of hydrogen-bond acceptors (Lipinski definition) is 4. The van der Waals surface area contributed by atoms with Crippen LogP contribution < -0.4 is 4.72 Å². The number of nitrogens with one attached hydrogen (secondary N) is 1. The van der Waals surface area contributed by atoms with E-state index in [4.69, 9.17) is 0 Å². The molecule has 1 aromatic rings. The van der Waals surface area contributed by atoms with E-state index in [0.717, 1.165) is 9.14 Å². The maximum Gasteiger partial charge on any atom is 0.265 e. The lowest BCUT2D eigenvalue weighted by atomic mass is 10.3. The molecule has 0 saturated carbocycles. The van der Waals surface area contributed by atoms with Crippen LogP contribution in [0.2, 0.25) is 0 Å². The molecule has 0 unspecified atom stereocenters. The number of rotatable bonds is 2. The second-order valence-electron chi connectivity index (χ2n) is 2.34. The van der Waals surface area contributed by atoms with Crippen LogP contribution in [0.25, 0.3) is 0 Å². The highest BCUT2D eigenvalue weighted by Crippen LogP contribution is 2.16. The summed E-state index contributed by atoms with van der Waals surface area (Å²) in [6.07, 6.45) is 0.947. The molecule has 0 spiro atoms. The van der Waals surface area contributed by atoms with Gasteiger partial charge < -0.3 is 0 Å². The van der Waals surface area contributed by atoms with E-state index in [1.54, 1.807) is 11.4 Å². The lowest BCUT2D eigenvalue weighted by molar-refractivity contribution is 0.0982. The number of hydrogen-bond donors (Lipinski definition) is 1. The summed E-state index contributed by atoms with van der Waals surface area (Å²) in [6.45, 7) is 0. The first kappa shape index (κ1) is 10.9. The predicted octanol–water partition coefficient (Wildman–Crippen LogP) is 1.04. The van der Waals surface area contributed by atoms with E-state index >= 15 is 0 Å². The molecule has 13 heavy (non-hydrogen) atoms. The Balaban J connectivity index is 2.81. The Hall–Kier alpha value is -0.150. The SMILES string of the molecule is CS(=O)(=O)NC(=O)c1csc(I)c1. The molecule has 4 nitrogen and oxygen atoms in total. The van der Waals surface area contributed by atoms with Crippen LogP contribution in [0.3, 0.4) is 0 Å². The zero-order valence-corrected chi connectivity index (χ0v) is 10.4. The van der Waals surface area contributed by atoms with Crippen LogP contribution in [0, 0.1) is 2.88 Å². The second kappa shape index (κ2) is 3.93. The number of thiophene rings is 1. The molecule has 0 aliphatic rings. The van der Waals surface area contributed by atoms with E-state index in [2.05, 4.69) is 22.6 Å². The molecule has 1 N–H and O–H groups in total. The van der Waals surface area contributed by atoms with Crippen molar-refractivity contribution in [2.24, 2.45) is 0 Å². The number of halogens is 1. The average molecular weight is 331 g/mol. The van der Waals surface area contributed by atoms with Gasteiger partial charge in [0.05, 0.1) is 14.7 Å². The van der Waals surface area contributed by atoms with Crippen molar-refractivity contribution in [1.29, 1.82) is 0 Å². The van der Waals surface area contributed by atoms with Gasteiger partial charge >= 0.3 is 0 Å². The fraction of sp³-hybridized carbons (Fsp3) is 0.167. The zero-order chi connectivity index (χ0) is 10.1. The number of amides is 1. The topological polar surface area (TPSA) is 63.2 Å². The Morgan fingerprint density at radius 1 is 1.62 bits per heavy atom. The lowest BCUT2D eigenvalue weighted by Gasteiger charge is -1.98. The van der Waals surface area contributed by atoms with Crippen molar-refractivity contribution in [3.8, 4) is 0 Å². The van der Waals surface area contributed by atoms with E-state index < -0.39 is 15.9 Å². The summed E-state index contributed by atoms with van der Waals surface area (Å²) in [5.41, 5.74) is 0.375. The maximum absolute atomic E-state index is 11.2. The molecule has 0 radical (unpaired) electrons. The summed E-state index contributed by atoms with van der Waals surface area (Å²) in [6, 6.07) is 1.63. The molecular formula is C6H6INO3S2. The van der Waals surface area contributed by atoms with E-state index in [9.17, 15) is 13.2 Å². The van der Waals surface area contributed by atoms with Gasteiger partial charge in [0, 0.05) is 5.38 Å². The van der Waals surface area contributed by atoms with Gasteiger partial charge in [0.2, 0.25) is 10.0 Å². The van der Waals surface area contributed by atoms with Crippen molar-refractivity contribution in [3.05, 3.63) is 19.9 Å². The van der Waals surface area contributed by atoms with Crippen LogP contribution in [-0.4, -0.2) is 20.6 Å². The molecular weight excluding hydrogens is 325 g/mol. The molecule has 0 fully saturated rings. The second-order valence-corrected chi connectivity index (χ2v) is 6.90. The summed E-state index contributed by atoms with van der Waals surface area (Å²) >= 11 is 3.45. The van der Waals surface area contributed by atoms with Gasteiger partial charge in [-0.15, -0.1) is 11.3 Å². The highest BCUT2D eigenvalue weighted by atomic mass is 127. The van der Waals surface area contributed by atoms with Gasteiger partial charge in [0.25, 0.3) is 5.91 Å². The van der Waals surface area contributed by atoms with E-state index in [0.29, 0.717) is 5.56 Å². The summed E-state index contributed by atoms with van der Waals surface area (Å²) in [4.78, 5) is 11.2. The Labute approximate surface area is 93.5 Å². The third-order valence-electron chi connectivity index (χ3n) is 1.11. The van der Waals surface area contributed by atoms with Crippen LogP contribution in [-0.2, 0) is 10.0 Å². The van der Waals surface area contributed by atoms with Crippen molar-refractivity contribution in [2.75, 3.05) is 6.26 Å². The van der Waals surface area contributed by atoms with Gasteiger partial charge in [-0.3, -0.25) is 4.79 Å². The smallest absolute Gasteiger partial charge is 0.265 e. The monoisotopic (exact) mass is 331 g/mol. The van der Waals surface area contributed by atoms with Gasteiger partial charge in [0.15, 0.2) is 0 Å². The van der Waals surface area contributed by atoms with Crippen molar-refractivity contribution in [1.82, 2.24) is 4.72 Å². The Morgan fingerprint density at radius 2 is 2.23 bits per heavy atom. The maximum atomic E-state index is 11.2. The van der Waals surface area contributed by atoms with Crippen LogP contribution in [0.15, 0.2) is 11.4 Å². The van der Waals surface area contributed by atoms with Crippen LogP contribution in [0.5, 0.6) is 0 Å². The zero-order valence-electron chi connectivity index (χ0n) is 6.57. The molecule has 1 heterocycles. The van der Waals surface area contributed by atoms with Crippen molar-refractivity contribution in [3.63, 3.8) is 0 Å². The standard InChI is InChI=1S/C6H6INO3S2/c1-13(10,11)8-6(9)4-2-5(7)12-3-4/h2-3H,1H3,(H,8,9). The number of carbonyl (C=O) groups excluding carboxylic acids is 1. The number of carbonyl (C=O) groups is 1. The molecule has 0 aliphatic heterocycles. The first-order valence-electron chi connectivity index (χ1n) is 3.14. The van der Waals surface area contributed by atoms with E-state index in [1.165, 1.54) is 11.3 Å². The average Bonchev–Trinajstić information content (AvgIpc) is 2.31. The van der Waals surface area contributed by atoms with Crippen LogP contribution in [0.1, 0.15) is 10.4 Å². The first-order chi connectivity index (χ1) is 5.88. The summed E-state index contributed by atoms with van der Waals surface area (Å²) in [7, 11) is -3.46. The van der Waals surface area contributed by atoms with Crippen LogP contribution in [0.4, 0.5) is 0 Å². The highest BCUT2D eigenvalue weighted by molar-refractivity contribution is 14.1. The fourth-order valence-corrected chi connectivity index (χ4v) is 2.44. The third-order valence-corrected chi connectivity index (χ3v) is 3.45. The summed E-state index contributed by atoms with van der Waals surface area (Å²) in [5.74, 6) is -0.582. The molecule has 1 aromatic heterocycles. The van der Waals surface area contributed by atoms with Crippen LogP contribution >= 0.6 is 33.9 Å². The number of sulfonamides is 1.